The Balaban J connectivity index is 2.48. The average Bonchev–Trinajstić information content (AvgIpc) is 2.42. The molecule has 110 valence electrons. The molecule has 1 N–H and O–H groups in total. The van der Waals surface area contributed by atoms with Crippen LogP contribution in [0.15, 0.2) is 30.9 Å². The number of nitrogens with zero attached hydrogens (tertiary/aromatic N) is 1. The summed E-state index contributed by atoms with van der Waals surface area (Å²) in [6.45, 7) is 8.66. The van der Waals surface area contributed by atoms with Crippen LogP contribution in [-0.4, -0.2) is 42.2 Å². The van der Waals surface area contributed by atoms with Crippen LogP contribution in [0, 0.1) is 13.8 Å². The van der Waals surface area contributed by atoms with Crippen LogP contribution in [0.25, 0.3) is 0 Å². The first kappa shape index (κ1) is 16.2. The van der Waals surface area contributed by atoms with Crippen molar-refractivity contribution >= 4 is 5.91 Å². The summed E-state index contributed by atoms with van der Waals surface area (Å²) in [7, 11) is 0. The third kappa shape index (κ3) is 5.05. The molecular formula is C16H23NO3. The fourth-order valence-electron chi connectivity index (χ4n) is 1.86. The summed E-state index contributed by atoms with van der Waals surface area (Å²) in [4.78, 5) is 13.5. The minimum atomic E-state index is -0.0442. The Morgan fingerprint density at radius 2 is 2.20 bits per heavy atom. The number of aryl methyl sites for hydroxylation is 2. The minimum absolute atomic E-state index is 0.0377. The maximum Gasteiger partial charge on any atom is 0.226 e. The van der Waals surface area contributed by atoms with Gasteiger partial charge in [0.2, 0.25) is 5.91 Å². The van der Waals surface area contributed by atoms with E-state index in [1.165, 1.54) is 0 Å². The van der Waals surface area contributed by atoms with Crippen LogP contribution >= 0.6 is 0 Å². The molecule has 0 unspecified atom stereocenters. The van der Waals surface area contributed by atoms with E-state index in [2.05, 4.69) is 6.58 Å². The molecule has 0 bridgehead atoms. The van der Waals surface area contributed by atoms with Crippen molar-refractivity contribution < 1.29 is 14.6 Å². The number of hydrogen-bond acceptors (Lipinski definition) is 3. The quantitative estimate of drug-likeness (QED) is 0.740. The lowest BCUT2D eigenvalue weighted by molar-refractivity contribution is -0.131. The Morgan fingerprint density at radius 3 is 2.85 bits per heavy atom. The second kappa shape index (κ2) is 8.38. The fraction of sp³-hybridized carbons (Fsp3) is 0.438. The predicted molar refractivity (Wildman–Crippen MR) is 79.9 cm³/mol. The Labute approximate surface area is 120 Å². The highest BCUT2D eigenvalue weighted by Gasteiger charge is 2.11. The van der Waals surface area contributed by atoms with Crippen molar-refractivity contribution in [2.75, 3.05) is 26.3 Å². The molecule has 0 fully saturated rings. The molecule has 1 rings (SSSR count). The SMILES string of the molecule is C=CCN(CCO)C(=O)CCOc1cc(C)ccc1C. The van der Waals surface area contributed by atoms with Gasteiger partial charge in [-0.05, 0) is 31.0 Å². The van der Waals surface area contributed by atoms with Crippen LogP contribution in [0.1, 0.15) is 17.5 Å². The minimum Gasteiger partial charge on any atom is -0.493 e. The number of amides is 1. The molecule has 1 aromatic rings. The number of ether oxygens (including phenoxy) is 1. The molecule has 0 saturated heterocycles. The normalized spacial score (nSPS) is 10.2. The smallest absolute Gasteiger partial charge is 0.226 e. The van der Waals surface area contributed by atoms with E-state index in [0.717, 1.165) is 16.9 Å². The van der Waals surface area contributed by atoms with E-state index < -0.39 is 0 Å². The number of carbonyl (C=O) groups is 1. The maximum atomic E-state index is 12.0. The fourth-order valence-corrected chi connectivity index (χ4v) is 1.86. The molecule has 4 heteroatoms. The van der Waals surface area contributed by atoms with Crippen LogP contribution in [-0.2, 0) is 4.79 Å². The van der Waals surface area contributed by atoms with Crippen LogP contribution in [0.4, 0.5) is 0 Å². The maximum absolute atomic E-state index is 12.0. The van der Waals surface area contributed by atoms with Gasteiger partial charge in [0.15, 0.2) is 0 Å². The second-order valence-electron chi connectivity index (χ2n) is 4.72. The molecule has 0 radical (unpaired) electrons. The highest BCUT2D eigenvalue weighted by Crippen LogP contribution is 2.19. The number of aliphatic hydroxyl groups is 1. The van der Waals surface area contributed by atoms with Crippen molar-refractivity contribution in [3.63, 3.8) is 0 Å². The molecule has 0 heterocycles. The van der Waals surface area contributed by atoms with E-state index in [9.17, 15) is 4.79 Å². The standard InChI is InChI=1S/C16H23NO3/c1-4-8-17(9-10-18)16(19)7-11-20-15-12-13(2)5-6-14(15)3/h4-6,12,18H,1,7-11H2,2-3H3. The van der Waals surface area contributed by atoms with Crippen LogP contribution < -0.4 is 4.74 Å². The van der Waals surface area contributed by atoms with Gasteiger partial charge in [0, 0.05) is 13.1 Å². The lowest BCUT2D eigenvalue weighted by Crippen LogP contribution is -2.34. The second-order valence-corrected chi connectivity index (χ2v) is 4.72. The van der Waals surface area contributed by atoms with Gasteiger partial charge in [-0.2, -0.15) is 0 Å². The number of benzene rings is 1. The molecule has 0 aliphatic rings. The summed E-state index contributed by atoms with van der Waals surface area (Å²) in [6, 6.07) is 6.00. The van der Waals surface area contributed by atoms with Crippen molar-refractivity contribution in [2.24, 2.45) is 0 Å². The van der Waals surface area contributed by atoms with Gasteiger partial charge >= 0.3 is 0 Å². The lowest BCUT2D eigenvalue weighted by Gasteiger charge is -2.20. The van der Waals surface area contributed by atoms with E-state index >= 15 is 0 Å². The summed E-state index contributed by atoms with van der Waals surface area (Å²) in [6.07, 6.45) is 1.94. The Bertz CT molecular complexity index is 457. The summed E-state index contributed by atoms with van der Waals surface area (Å²) in [5.41, 5.74) is 2.19. The molecule has 0 spiro atoms. The number of hydrogen-bond donors (Lipinski definition) is 1. The zero-order chi connectivity index (χ0) is 15.0. The molecule has 0 saturated carbocycles. The molecule has 0 aliphatic heterocycles. The van der Waals surface area contributed by atoms with E-state index in [-0.39, 0.29) is 12.5 Å². The van der Waals surface area contributed by atoms with Crippen molar-refractivity contribution in [1.82, 2.24) is 4.90 Å². The van der Waals surface area contributed by atoms with E-state index in [1.807, 2.05) is 32.0 Å². The predicted octanol–water partition coefficient (Wildman–Crippen LogP) is 2.08. The van der Waals surface area contributed by atoms with Gasteiger partial charge in [-0.25, -0.2) is 0 Å². The van der Waals surface area contributed by atoms with Crippen LogP contribution in [0.5, 0.6) is 5.75 Å². The van der Waals surface area contributed by atoms with Gasteiger partial charge in [0.25, 0.3) is 0 Å². The third-order valence-electron chi connectivity index (χ3n) is 2.99. The van der Waals surface area contributed by atoms with Crippen LogP contribution in [0.2, 0.25) is 0 Å². The number of carbonyl (C=O) groups excluding carboxylic acids is 1. The van der Waals surface area contributed by atoms with Gasteiger partial charge in [0.05, 0.1) is 19.6 Å². The lowest BCUT2D eigenvalue weighted by atomic mass is 10.1. The van der Waals surface area contributed by atoms with Crippen molar-refractivity contribution in [2.45, 2.75) is 20.3 Å². The highest BCUT2D eigenvalue weighted by molar-refractivity contribution is 5.76. The number of aliphatic hydroxyl groups excluding tert-OH is 1. The van der Waals surface area contributed by atoms with Gasteiger partial charge in [0.1, 0.15) is 5.75 Å². The first-order chi connectivity index (χ1) is 9.58. The van der Waals surface area contributed by atoms with Crippen LogP contribution in [0.3, 0.4) is 0 Å². The molecule has 0 atom stereocenters. The number of rotatable bonds is 8. The Hall–Kier alpha value is -1.81. The van der Waals surface area contributed by atoms with Gasteiger partial charge in [-0.15, -0.1) is 6.58 Å². The zero-order valence-electron chi connectivity index (χ0n) is 12.3. The first-order valence-corrected chi connectivity index (χ1v) is 6.78. The monoisotopic (exact) mass is 277 g/mol. The van der Waals surface area contributed by atoms with Crippen molar-refractivity contribution in [3.05, 3.63) is 42.0 Å². The summed E-state index contributed by atoms with van der Waals surface area (Å²) < 4.78 is 5.66. The zero-order valence-corrected chi connectivity index (χ0v) is 12.3. The Morgan fingerprint density at radius 1 is 1.45 bits per heavy atom. The van der Waals surface area contributed by atoms with Crippen molar-refractivity contribution in [1.29, 1.82) is 0 Å². The van der Waals surface area contributed by atoms with Crippen molar-refractivity contribution in [3.8, 4) is 5.75 Å². The molecule has 1 amide bonds. The van der Waals surface area contributed by atoms with Gasteiger partial charge < -0.3 is 14.7 Å². The topological polar surface area (TPSA) is 49.8 Å². The first-order valence-electron chi connectivity index (χ1n) is 6.78. The van der Waals surface area contributed by atoms with Gasteiger partial charge in [-0.1, -0.05) is 18.2 Å². The largest absolute Gasteiger partial charge is 0.493 e. The van der Waals surface area contributed by atoms with E-state index in [4.69, 9.17) is 9.84 Å². The molecule has 20 heavy (non-hydrogen) atoms. The third-order valence-corrected chi connectivity index (χ3v) is 2.99. The molecule has 0 aromatic heterocycles. The molecule has 4 nitrogen and oxygen atoms in total. The highest BCUT2D eigenvalue weighted by atomic mass is 16.5. The summed E-state index contributed by atoms with van der Waals surface area (Å²) in [5, 5.41) is 8.92. The molecule has 0 aliphatic carbocycles. The van der Waals surface area contributed by atoms with E-state index in [1.54, 1.807) is 11.0 Å². The molecule has 1 aromatic carbocycles. The Kier molecular flexibility index (Phi) is 6.81. The summed E-state index contributed by atoms with van der Waals surface area (Å²) in [5.74, 6) is 0.777. The van der Waals surface area contributed by atoms with E-state index in [0.29, 0.717) is 26.1 Å². The van der Waals surface area contributed by atoms with Gasteiger partial charge in [-0.3, -0.25) is 4.79 Å². The molecular weight excluding hydrogens is 254 g/mol. The average molecular weight is 277 g/mol. The summed E-state index contributed by atoms with van der Waals surface area (Å²) >= 11 is 0.